The minimum atomic E-state index is -0.166. The van der Waals surface area contributed by atoms with Crippen molar-refractivity contribution >= 4 is 44.9 Å². The fraction of sp³-hybridized carbons (Fsp3) is 0.136. The van der Waals surface area contributed by atoms with Gasteiger partial charge in [-0.3, -0.25) is 15.1 Å². The second-order valence-electron chi connectivity index (χ2n) is 6.42. The number of anilines is 1. The molecule has 0 saturated heterocycles. The Bertz CT molecular complexity index is 1140. The van der Waals surface area contributed by atoms with Gasteiger partial charge in [-0.1, -0.05) is 48.9 Å². The number of hydrogen-bond acceptors (Lipinski definition) is 4. The number of nitrogens with zero attached hydrogens (tertiary/aromatic N) is 2. The molecule has 2 heterocycles. The molecule has 0 atom stereocenters. The minimum Gasteiger partial charge on any atom is -0.298 e. The lowest BCUT2D eigenvalue weighted by atomic mass is 10.1. The number of carbonyl (C=O) groups is 1. The highest BCUT2D eigenvalue weighted by atomic mass is 35.5. The summed E-state index contributed by atoms with van der Waals surface area (Å²) in [5, 5.41) is 5.09. The van der Waals surface area contributed by atoms with Crippen molar-refractivity contribution in [3.8, 4) is 0 Å². The molecule has 4 aromatic rings. The third kappa shape index (κ3) is 4.06. The second-order valence-corrected chi connectivity index (χ2v) is 7.97. The molecule has 28 heavy (non-hydrogen) atoms. The lowest BCUT2D eigenvalue weighted by Crippen LogP contribution is -2.13. The second kappa shape index (κ2) is 8.09. The molecule has 0 saturated carbocycles. The van der Waals surface area contributed by atoms with Gasteiger partial charge in [-0.05, 0) is 36.2 Å². The summed E-state index contributed by atoms with van der Waals surface area (Å²) in [6.07, 6.45) is 3.33. The van der Waals surface area contributed by atoms with Gasteiger partial charge in [0.25, 0.3) is 5.91 Å². The van der Waals surface area contributed by atoms with Crippen LogP contribution in [0.5, 0.6) is 0 Å². The van der Waals surface area contributed by atoms with Gasteiger partial charge in [0.15, 0.2) is 5.13 Å². The highest BCUT2D eigenvalue weighted by molar-refractivity contribution is 7.15. The summed E-state index contributed by atoms with van der Waals surface area (Å²) < 4.78 is 0. The average Bonchev–Trinajstić information content (AvgIpc) is 3.15. The van der Waals surface area contributed by atoms with E-state index in [1.54, 1.807) is 6.20 Å². The zero-order valence-electron chi connectivity index (χ0n) is 15.3. The van der Waals surface area contributed by atoms with Crippen LogP contribution in [0.3, 0.4) is 0 Å². The number of hydrogen-bond donors (Lipinski definition) is 1. The van der Waals surface area contributed by atoms with Crippen LogP contribution in [-0.4, -0.2) is 15.9 Å². The zero-order valence-corrected chi connectivity index (χ0v) is 16.8. The molecule has 1 amide bonds. The first-order valence-electron chi connectivity index (χ1n) is 9.01. The molecule has 0 radical (unpaired) electrons. The molecule has 0 fully saturated rings. The number of nitrogens with one attached hydrogen (secondary N) is 1. The van der Waals surface area contributed by atoms with Crippen LogP contribution in [0, 0.1) is 0 Å². The summed E-state index contributed by atoms with van der Waals surface area (Å²) in [6, 6.07) is 17.3. The van der Waals surface area contributed by atoms with Crippen molar-refractivity contribution < 1.29 is 4.79 Å². The van der Waals surface area contributed by atoms with E-state index >= 15 is 0 Å². The van der Waals surface area contributed by atoms with Crippen LogP contribution in [0.25, 0.3) is 10.9 Å². The highest BCUT2D eigenvalue weighted by Gasteiger charge is 2.14. The molecule has 0 aliphatic rings. The van der Waals surface area contributed by atoms with Gasteiger partial charge >= 0.3 is 0 Å². The van der Waals surface area contributed by atoms with Gasteiger partial charge in [0.1, 0.15) is 0 Å². The molecule has 4 rings (SSSR count). The molecule has 0 aliphatic carbocycles. The maximum atomic E-state index is 12.9. The van der Waals surface area contributed by atoms with Gasteiger partial charge in [-0.2, -0.15) is 0 Å². The Morgan fingerprint density at radius 2 is 1.93 bits per heavy atom. The van der Waals surface area contributed by atoms with Crippen LogP contribution in [0.2, 0.25) is 5.02 Å². The summed E-state index contributed by atoms with van der Waals surface area (Å²) >= 11 is 7.41. The van der Waals surface area contributed by atoms with Crippen molar-refractivity contribution in [3.05, 3.63) is 87.5 Å². The molecule has 2 aromatic heterocycles. The molecular weight excluding hydrogens is 390 g/mol. The Morgan fingerprint density at radius 3 is 2.71 bits per heavy atom. The molecule has 0 bridgehead atoms. The fourth-order valence-electron chi connectivity index (χ4n) is 3.01. The van der Waals surface area contributed by atoms with Gasteiger partial charge in [0.05, 0.1) is 11.1 Å². The molecule has 2 aromatic carbocycles. The van der Waals surface area contributed by atoms with Gasteiger partial charge in [0, 0.05) is 33.6 Å². The lowest BCUT2D eigenvalue weighted by molar-refractivity contribution is 0.102. The quantitative estimate of drug-likeness (QED) is 0.458. The molecule has 1 N–H and O–H groups in total. The Hall–Kier alpha value is -2.76. The molecule has 6 heteroatoms. The molecule has 4 nitrogen and oxygen atoms in total. The monoisotopic (exact) mass is 407 g/mol. The summed E-state index contributed by atoms with van der Waals surface area (Å²) in [5.74, 6) is -0.166. The third-order valence-corrected chi connectivity index (χ3v) is 5.61. The van der Waals surface area contributed by atoms with Crippen LogP contribution >= 0.6 is 22.9 Å². The number of benzene rings is 2. The number of amides is 1. The first-order valence-corrected chi connectivity index (χ1v) is 10.2. The predicted molar refractivity (Wildman–Crippen MR) is 115 cm³/mol. The van der Waals surface area contributed by atoms with Gasteiger partial charge in [-0.15, -0.1) is 11.3 Å². The van der Waals surface area contributed by atoms with E-state index in [1.165, 1.54) is 11.3 Å². The molecule has 140 valence electrons. The fourth-order valence-corrected chi connectivity index (χ4v) is 3.98. The first kappa shape index (κ1) is 18.6. The summed E-state index contributed by atoms with van der Waals surface area (Å²) in [4.78, 5) is 23.0. The number of halogens is 1. The summed E-state index contributed by atoms with van der Waals surface area (Å²) in [7, 11) is 0. The van der Waals surface area contributed by atoms with Crippen LogP contribution in [0.1, 0.15) is 33.4 Å². The average molecular weight is 408 g/mol. The van der Waals surface area contributed by atoms with E-state index in [2.05, 4.69) is 15.3 Å². The topological polar surface area (TPSA) is 54.9 Å². The number of pyridine rings is 1. The summed E-state index contributed by atoms with van der Waals surface area (Å²) in [6.45, 7) is 2.03. The number of fused-ring (bicyclic) bond motifs is 1. The number of rotatable bonds is 5. The maximum Gasteiger partial charge on any atom is 0.258 e. The Kier molecular flexibility index (Phi) is 5.37. The van der Waals surface area contributed by atoms with E-state index in [4.69, 9.17) is 11.6 Å². The Labute approximate surface area is 172 Å². The molecule has 0 spiro atoms. The van der Waals surface area contributed by atoms with Crippen LogP contribution in [0.15, 0.2) is 60.8 Å². The van der Waals surface area contributed by atoms with E-state index in [-0.39, 0.29) is 5.91 Å². The highest BCUT2D eigenvalue weighted by Crippen LogP contribution is 2.24. The van der Waals surface area contributed by atoms with Gasteiger partial charge in [0.2, 0.25) is 0 Å². The van der Waals surface area contributed by atoms with E-state index in [0.29, 0.717) is 10.7 Å². The third-order valence-electron chi connectivity index (χ3n) is 4.44. The molecular formula is C22H18ClN3OS. The van der Waals surface area contributed by atoms with Crippen molar-refractivity contribution in [2.75, 3.05) is 5.32 Å². The maximum absolute atomic E-state index is 12.9. The lowest BCUT2D eigenvalue weighted by Gasteiger charge is -2.08. The summed E-state index contributed by atoms with van der Waals surface area (Å²) in [5.41, 5.74) is 3.50. The number of aromatic nitrogens is 2. The van der Waals surface area contributed by atoms with Crippen molar-refractivity contribution in [1.82, 2.24) is 9.97 Å². The molecule has 0 aliphatic heterocycles. The number of aryl methyl sites for hydroxylation is 1. The normalized spacial score (nSPS) is 10.9. The first-order chi connectivity index (χ1) is 13.6. The van der Waals surface area contributed by atoms with Crippen LogP contribution in [0.4, 0.5) is 5.13 Å². The van der Waals surface area contributed by atoms with E-state index in [1.807, 2.05) is 61.5 Å². The number of para-hydroxylation sites is 1. The molecule has 0 unspecified atom stereocenters. The Balaban J connectivity index is 1.55. The van der Waals surface area contributed by atoms with E-state index in [9.17, 15) is 4.79 Å². The van der Waals surface area contributed by atoms with Crippen molar-refractivity contribution in [2.45, 2.75) is 19.8 Å². The van der Waals surface area contributed by atoms with E-state index < -0.39 is 0 Å². The largest absolute Gasteiger partial charge is 0.298 e. The smallest absolute Gasteiger partial charge is 0.258 e. The zero-order chi connectivity index (χ0) is 19.5. The van der Waals surface area contributed by atoms with Gasteiger partial charge in [-0.25, -0.2) is 4.98 Å². The predicted octanol–water partition coefficient (Wildman–Crippen LogP) is 5.75. The van der Waals surface area contributed by atoms with Crippen molar-refractivity contribution in [2.24, 2.45) is 0 Å². The van der Waals surface area contributed by atoms with Crippen molar-refractivity contribution in [3.63, 3.8) is 0 Å². The van der Waals surface area contributed by atoms with Crippen LogP contribution < -0.4 is 5.32 Å². The SMILES string of the molecule is CCc1cc(C(=O)Nc2ncc(Cc3ccc(Cl)cc3)s2)c2ccccc2n1. The number of thiazole rings is 1. The van der Waals surface area contributed by atoms with E-state index in [0.717, 1.165) is 44.9 Å². The minimum absolute atomic E-state index is 0.166. The van der Waals surface area contributed by atoms with Gasteiger partial charge < -0.3 is 0 Å². The van der Waals surface area contributed by atoms with Crippen LogP contribution in [-0.2, 0) is 12.8 Å². The number of carbonyl (C=O) groups excluding carboxylic acids is 1. The van der Waals surface area contributed by atoms with Crippen molar-refractivity contribution in [1.29, 1.82) is 0 Å². The Morgan fingerprint density at radius 1 is 1.14 bits per heavy atom. The standard InChI is InChI=1S/C22H18ClN3OS/c1-2-16-12-19(18-5-3-4-6-20(18)25-16)21(27)26-22-24-13-17(28-22)11-14-7-9-15(23)10-8-14/h3-10,12-13H,2,11H2,1H3,(H,24,26,27).